The summed E-state index contributed by atoms with van der Waals surface area (Å²) in [6, 6.07) is 16.6. The van der Waals surface area contributed by atoms with Crippen LogP contribution in [-0.2, 0) is 17.6 Å². The molecule has 0 N–H and O–H groups in total. The number of rotatable bonds is 2. The lowest BCUT2D eigenvalue weighted by molar-refractivity contribution is -0.119. The van der Waals surface area contributed by atoms with Crippen molar-refractivity contribution in [2.24, 2.45) is 0 Å². The number of hydrogen-bond donors (Lipinski definition) is 0. The van der Waals surface area contributed by atoms with Gasteiger partial charge >= 0.3 is 0 Å². The molecule has 0 heterocycles. The Kier molecular flexibility index (Phi) is 2.75. The van der Waals surface area contributed by atoms with Crippen molar-refractivity contribution < 1.29 is 4.79 Å². The minimum Gasteiger partial charge on any atom is -0.299 e. The van der Waals surface area contributed by atoms with E-state index in [1.165, 1.54) is 22.3 Å². The fourth-order valence-corrected chi connectivity index (χ4v) is 2.80. The molecule has 2 aromatic carbocycles. The third kappa shape index (κ3) is 1.86. The number of aryl methyl sites for hydroxylation is 1. The highest BCUT2D eigenvalue weighted by Crippen LogP contribution is 2.33. The Morgan fingerprint density at radius 2 is 1.78 bits per heavy atom. The molecule has 0 spiro atoms. The summed E-state index contributed by atoms with van der Waals surface area (Å²) in [7, 11) is 0. The molecule has 0 radical (unpaired) electrons. The maximum Gasteiger partial charge on any atom is 0.145 e. The number of fused-ring (bicyclic) bond motifs is 1. The van der Waals surface area contributed by atoms with E-state index < -0.39 is 0 Å². The van der Waals surface area contributed by atoms with Gasteiger partial charge in [-0.15, -0.1) is 0 Å². The SMILES string of the molecule is Cc1ccccc1CC1C(=O)Cc2ccccc21. The summed E-state index contributed by atoms with van der Waals surface area (Å²) in [6.07, 6.45) is 1.44. The lowest BCUT2D eigenvalue weighted by Crippen LogP contribution is -2.10. The number of benzene rings is 2. The first kappa shape index (κ1) is 11.2. The molecule has 1 aliphatic carbocycles. The first-order valence-corrected chi connectivity index (χ1v) is 6.41. The molecule has 2 aromatic rings. The van der Waals surface area contributed by atoms with Crippen LogP contribution in [0.1, 0.15) is 28.2 Å². The van der Waals surface area contributed by atoms with E-state index in [1.807, 2.05) is 24.3 Å². The Labute approximate surface area is 107 Å². The lowest BCUT2D eigenvalue weighted by atomic mass is 9.91. The van der Waals surface area contributed by atoms with Gasteiger partial charge in [0.05, 0.1) is 0 Å². The summed E-state index contributed by atoms with van der Waals surface area (Å²) >= 11 is 0. The first-order valence-electron chi connectivity index (χ1n) is 6.41. The topological polar surface area (TPSA) is 17.1 Å². The Bertz CT molecular complexity index is 598. The highest BCUT2D eigenvalue weighted by atomic mass is 16.1. The van der Waals surface area contributed by atoms with Crippen molar-refractivity contribution in [2.45, 2.75) is 25.7 Å². The van der Waals surface area contributed by atoms with Gasteiger partial charge < -0.3 is 0 Å². The smallest absolute Gasteiger partial charge is 0.145 e. The van der Waals surface area contributed by atoms with Crippen LogP contribution in [0, 0.1) is 6.92 Å². The molecule has 1 atom stereocenters. The van der Waals surface area contributed by atoms with E-state index in [9.17, 15) is 4.79 Å². The van der Waals surface area contributed by atoms with Crippen molar-refractivity contribution in [1.29, 1.82) is 0 Å². The summed E-state index contributed by atoms with van der Waals surface area (Å²) in [4.78, 5) is 12.1. The van der Waals surface area contributed by atoms with Crippen molar-refractivity contribution in [3.8, 4) is 0 Å². The third-order valence-corrected chi connectivity index (χ3v) is 3.87. The highest BCUT2D eigenvalue weighted by Gasteiger charge is 2.30. The third-order valence-electron chi connectivity index (χ3n) is 3.87. The average Bonchev–Trinajstić information content (AvgIpc) is 2.69. The van der Waals surface area contributed by atoms with Crippen LogP contribution < -0.4 is 0 Å². The Morgan fingerprint density at radius 1 is 1.06 bits per heavy atom. The highest BCUT2D eigenvalue weighted by molar-refractivity contribution is 5.92. The maximum absolute atomic E-state index is 12.1. The van der Waals surface area contributed by atoms with Gasteiger partial charge in [-0.2, -0.15) is 0 Å². The molecular formula is C17H16O. The van der Waals surface area contributed by atoms with Crippen LogP contribution in [0.15, 0.2) is 48.5 Å². The summed E-state index contributed by atoms with van der Waals surface area (Å²) in [6.45, 7) is 2.11. The minimum atomic E-state index is 0.0577. The van der Waals surface area contributed by atoms with Crippen molar-refractivity contribution in [3.05, 3.63) is 70.8 Å². The van der Waals surface area contributed by atoms with E-state index in [1.54, 1.807) is 0 Å². The van der Waals surface area contributed by atoms with Crippen molar-refractivity contribution >= 4 is 5.78 Å². The van der Waals surface area contributed by atoms with Crippen LogP contribution in [0.25, 0.3) is 0 Å². The average molecular weight is 236 g/mol. The number of carbonyl (C=O) groups excluding carboxylic acids is 1. The molecule has 1 unspecified atom stereocenters. The van der Waals surface area contributed by atoms with Gasteiger partial charge in [0.25, 0.3) is 0 Å². The molecule has 18 heavy (non-hydrogen) atoms. The number of hydrogen-bond acceptors (Lipinski definition) is 1. The molecule has 3 rings (SSSR count). The quantitative estimate of drug-likeness (QED) is 0.780. The number of Topliss-reactive ketones (excluding diaryl/α,β-unsaturated/α-hetero) is 1. The summed E-state index contributed by atoms with van der Waals surface area (Å²) in [5.74, 6) is 0.418. The first-order chi connectivity index (χ1) is 8.75. The van der Waals surface area contributed by atoms with Gasteiger partial charge in [0, 0.05) is 12.3 Å². The zero-order valence-electron chi connectivity index (χ0n) is 10.5. The van der Waals surface area contributed by atoms with Gasteiger partial charge in [0.15, 0.2) is 0 Å². The summed E-state index contributed by atoms with van der Waals surface area (Å²) in [5.41, 5.74) is 4.99. The van der Waals surface area contributed by atoms with Crippen LogP contribution in [0.2, 0.25) is 0 Å². The molecule has 0 bridgehead atoms. The van der Waals surface area contributed by atoms with Crippen molar-refractivity contribution in [1.82, 2.24) is 0 Å². The molecule has 1 heteroatoms. The molecule has 1 nitrogen and oxygen atoms in total. The zero-order chi connectivity index (χ0) is 12.5. The van der Waals surface area contributed by atoms with E-state index in [4.69, 9.17) is 0 Å². The van der Waals surface area contributed by atoms with E-state index in [-0.39, 0.29) is 5.92 Å². The van der Waals surface area contributed by atoms with Crippen LogP contribution >= 0.6 is 0 Å². The monoisotopic (exact) mass is 236 g/mol. The molecule has 0 fully saturated rings. The van der Waals surface area contributed by atoms with Gasteiger partial charge in [-0.3, -0.25) is 4.79 Å². The van der Waals surface area contributed by atoms with Gasteiger partial charge in [-0.25, -0.2) is 0 Å². The Balaban J connectivity index is 1.94. The molecule has 1 aliphatic rings. The van der Waals surface area contributed by atoms with Gasteiger partial charge in [0.1, 0.15) is 5.78 Å². The van der Waals surface area contributed by atoms with Crippen molar-refractivity contribution in [2.75, 3.05) is 0 Å². The van der Waals surface area contributed by atoms with E-state index in [0.29, 0.717) is 12.2 Å². The Morgan fingerprint density at radius 3 is 2.61 bits per heavy atom. The molecule has 0 aromatic heterocycles. The fraction of sp³-hybridized carbons (Fsp3) is 0.235. The minimum absolute atomic E-state index is 0.0577. The van der Waals surface area contributed by atoms with Crippen LogP contribution in [0.5, 0.6) is 0 Å². The second kappa shape index (κ2) is 4.41. The molecule has 0 aliphatic heterocycles. The predicted octanol–water partition coefficient (Wildman–Crippen LogP) is 3.45. The van der Waals surface area contributed by atoms with Crippen LogP contribution in [0.4, 0.5) is 0 Å². The molecule has 90 valence electrons. The Hall–Kier alpha value is -1.89. The van der Waals surface area contributed by atoms with Gasteiger partial charge in [-0.1, -0.05) is 48.5 Å². The number of carbonyl (C=O) groups is 1. The predicted molar refractivity (Wildman–Crippen MR) is 72.8 cm³/mol. The lowest BCUT2D eigenvalue weighted by Gasteiger charge is -2.12. The van der Waals surface area contributed by atoms with Crippen LogP contribution in [-0.4, -0.2) is 5.78 Å². The second-order valence-corrected chi connectivity index (χ2v) is 5.03. The fourth-order valence-electron chi connectivity index (χ4n) is 2.80. The van der Waals surface area contributed by atoms with Gasteiger partial charge in [-0.05, 0) is 35.6 Å². The second-order valence-electron chi connectivity index (χ2n) is 5.03. The van der Waals surface area contributed by atoms with E-state index in [0.717, 1.165) is 6.42 Å². The van der Waals surface area contributed by atoms with E-state index in [2.05, 4.69) is 31.2 Å². The summed E-state index contributed by atoms with van der Waals surface area (Å²) < 4.78 is 0. The standard InChI is InChI=1S/C17H16O/c1-12-6-2-3-7-13(12)10-16-15-9-5-4-8-14(15)11-17(16)18/h2-9,16H,10-11H2,1H3. The normalized spacial score (nSPS) is 17.8. The number of ketones is 1. The molecule has 0 saturated heterocycles. The van der Waals surface area contributed by atoms with Gasteiger partial charge in [0.2, 0.25) is 0 Å². The van der Waals surface area contributed by atoms with Crippen molar-refractivity contribution in [3.63, 3.8) is 0 Å². The molecular weight excluding hydrogens is 220 g/mol. The maximum atomic E-state index is 12.1. The van der Waals surface area contributed by atoms with Crippen LogP contribution in [0.3, 0.4) is 0 Å². The molecule has 0 amide bonds. The zero-order valence-corrected chi connectivity index (χ0v) is 10.5. The largest absolute Gasteiger partial charge is 0.299 e. The van der Waals surface area contributed by atoms with E-state index >= 15 is 0 Å². The molecule has 0 saturated carbocycles. The summed E-state index contributed by atoms with van der Waals surface area (Å²) in [5, 5.41) is 0.